The van der Waals surface area contributed by atoms with E-state index >= 15 is 0 Å². The summed E-state index contributed by atoms with van der Waals surface area (Å²) >= 11 is 0. The number of aromatic nitrogens is 1. The highest BCUT2D eigenvalue weighted by molar-refractivity contribution is 5.96. The van der Waals surface area contributed by atoms with Gasteiger partial charge in [0.05, 0.1) is 0 Å². The second kappa shape index (κ2) is 19.9. The quantitative estimate of drug-likeness (QED) is 0.309. The number of carbonyl (C=O) groups is 1. The van der Waals surface area contributed by atoms with Crippen molar-refractivity contribution in [1.29, 1.82) is 0 Å². The third-order valence-electron chi connectivity index (χ3n) is 5.24. The molecule has 34 heavy (non-hydrogen) atoms. The van der Waals surface area contributed by atoms with Gasteiger partial charge in [-0.25, -0.2) is 0 Å². The lowest BCUT2D eigenvalue weighted by molar-refractivity contribution is 0.0684. The molecule has 0 spiro atoms. The Hall–Kier alpha value is -2.49. The first-order valence-corrected chi connectivity index (χ1v) is 13.3. The van der Waals surface area contributed by atoms with Crippen molar-refractivity contribution in [1.82, 2.24) is 9.88 Å². The molecule has 1 aliphatic carbocycles. The Morgan fingerprint density at radius 3 is 2.44 bits per heavy atom. The van der Waals surface area contributed by atoms with Crippen LogP contribution in [0.1, 0.15) is 98.0 Å². The van der Waals surface area contributed by atoms with Gasteiger partial charge in [0.15, 0.2) is 0 Å². The first kappa shape index (κ1) is 31.5. The summed E-state index contributed by atoms with van der Waals surface area (Å²) < 4.78 is 0. The van der Waals surface area contributed by atoms with E-state index < -0.39 is 0 Å². The number of pyridine rings is 1. The minimum absolute atomic E-state index is 0.0000431. The SMILES string of the molecule is CC.CC.CCN=C(/C=C\C(C)C)CCN(C(=O)c1ccccn1)C(C)CCC1=CCCC=C1. The molecule has 4 heteroatoms. The fraction of sp³-hybridized carbons (Fsp3) is 0.567. The lowest BCUT2D eigenvalue weighted by Gasteiger charge is -2.29. The molecule has 0 aromatic carbocycles. The topological polar surface area (TPSA) is 45.6 Å². The second-order valence-electron chi connectivity index (χ2n) is 8.18. The predicted molar refractivity (Wildman–Crippen MR) is 150 cm³/mol. The van der Waals surface area contributed by atoms with Crippen LogP contribution in [0.3, 0.4) is 0 Å². The van der Waals surface area contributed by atoms with Gasteiger partial charge in [0, 0.05) is 37.5 Å². The fourth-order valence-electron chi connectivity index (χ4n) is 3.50. The van der Waals surface area contributed by atoms with Crippen LogP contribution >= 0.6 is 0 Å². The van der Waals surface area contributed by atoms with Crippen LogP contribution in [0.25, 0.3) is 0 Å². The average Bonchev–Trinajstić information content (AvgIpc) is 2.89. The van der Waals surface area contributed by atoms with Crippen LogP contribution in [0.4, 0.5) is 0 Å². The van der Waals surface area contributed by atoms with Gasteiger partial charge in [0.2, 0.25) is 0 Å². The van der Waals surface area contributed by atoms with Gasteiger partial charge in [-0.2, -0.15) is 0 Å². The average molecular weight is 468 g/mol. The third kappa shape index (κ3) is 12.7. The molecule has 1 aromatic rings. The monoisotopic (exact) mass is 467 g/mol. The molecule has 0 N–H and O–H groups in total. The molecule has 0 radical (unpaired) electrons. The van der Waals surface area contributed by atoms with Crippen LogP contribution in [0.2, 0.25) is 0 Å². The van der Waals surface area contributed by atoms with E-state index in [0.717, 1.165) is 44.4 Å². The Morgan fingerprint density at radius 1 is 1.15 bits per heavy atom. The number of nitrogens with zero attached hydrogens (tertiary/aromatic N) is 3. The molecule has 1 heterocycles. The largest absolute Gasteiger partial charge is 0.334 e. The molecule has 4 nitrogen and oxygen atoms in total. The second-order valence-corrected chi connectivity index (χ2v) is 8.18. The van der Waals surface area contributed by atoms with Gasteiger partial charge in [0.25, 0.3) is 5.91 Å². The zero-order valence-electron chi connectivity index (χ0n) is 23.1. The molecule has 0 fully saturated rings. The third-order valence-corrected chi connectivity index (χ3v) is 5.24. The van der Waals surface area contributed by atoms with Crippen molar-refractivity contribution in [2.45, 2.75) is 93.5 Å². The number of amides is 1. The number of aliphatic imine (C=N–C) groups is 1. The van der Waals surface area contributed by atoms with Gasteiger partial charge in [0.1, 0.15) is 5.69 Å². The Labute approximate surface area is 210 Å². The van der Waals surface area contributed by atoms with E-state index in [-0.39, 0.29) is 11.9 Å². The van der Waals surface area contributed by atoms with E-state index in [1.807, 2.05) is 51.7 Å². The summed E-state index contributed by atoms with van der Waals surface area (Å²) in [6.07, 6.45) is 17.7. The van der Waals surface area contributed by atoms with E-state index in [4.69, 9.17) is 0 Å². The molecule has 1 aromatic heterocycles. The fourth-order valence-corrected chi connectivity index (χ4v) is 3.50. The normalized spacial score (nSPS) is 14.0. The number of allylic oxidation sites excluding steroid dienone is 6. The molecule has 0 saturated carbocycles. The smallest absolute Gasteiger partial charge is 0.272 e. The minimum Gasteiger partial charge on any atom is -0.334 e. The van der Waals surface area contributed by atoms with Crippen molar-refractivity contribution in [3.05, 3.63) is 66.0 Å². The van der Waals surface area contributed by atoms with Gasteiger partial charge >= 0.3 is 0 Å². The highest BCUT2D eigenvalue weighted by Crippen LogP contribution is 2.19. The molecule has 190 valence electrons. The van der Waals surface area contributed by atoms with E-state index in [1.54, 1.807) is 12.3 Å². The molecule has 1 unspecified atom stereocenters. The minimum atomic E-state index is -0.0000431. The van der Waals surface area contributed by atoms with Crippen molar-refractivity contribution in [3.8, 4) is 0 Å². The molecular weight excluding hydrogens is 418 g/mol. The zero-order valence-corrected chi connectivity index (χ0v) is 23.1. The molecule has 0 saturated heterocycles. The Morgan fingerprint density at radius 2 is 1.88 bits per heavy atom. The lowest BCUT2D eigenvalue weighted by atomic mass is 9.99. The molecule has 0 bridgehead atoms. The van der Waals surface area contributed by atoms with Gasteiger partial charge in [-0.1, -0.05) is 77.5 Å². The first-order chi connectivity index (χ1) is 16.5. The van der Waals surface area contributed by atoms with Crippen LogP contribution in [-0.2, 0) is 0 Å². The summed E-state index contributed by atoms with van der Waals surface area (Å²) in [4.78, 5) is 24.2. The van der Waals surface area contributed by atoms with Crippen molar-refractivity contribution >= 4 is 11.6 Å². The lowest BCUT2D eigenvalue weighted by Crippen LogP contribution is -2.40. The van der Waals surface area contributed by atoms with Crippen molar-refractivity contribution in [2.75, 3.05) is 13.1 Å². The van der Waals surface area contributed by atoms with Gasteiger partial charge < -0.3 is 4.90 Å². The molecular formula is C30H49N3O. The maximum Gasteiger partial charge on any atom is 0.272 e. The highest BCUT2D eigenvalue weighted by atomic mass is 16.2. The summed E-state index contributed by atoms with van der Waals surface area (Å²) in [5.41, 5.74) is 2.94. The van der Waals surface area contributed by atoms with Gasteiger partial charge in [-0.3, -0.25) is 14.8 Å². The molecule has 1 atom stereocenters. The number of hydrogen-bond donors (Lipinski definition) is 0. The highest BCUT2D eigenvalue weighted by Gasteiger charge is 2.22. The Balaban J connectivity index is 0.00000258. The van der Waals surface area contributed by atoms with E-state index in [9.17, 15) is 4.79 Å². The van der Waals surface area contributed by atoms with Crippen LogP contribution < -0.4 is 0 Å². The van der Waals surface area contributed by atoms with E-state index in [1.165, 1.54) is 5.57 Å². The van der Waals surface area contributed by atoms with E-state index in [0.29, 0.717) is 18.2 Å². The van der Waals surface area contributed by atoms with E-state index in [2.05, 4.69) is 61.1 Å². The number of rotatable bonds is 11. The zero-order chi connectivity index (χ0) is 25.8. The van der Waals surface area contributed by atoms with Crippen molar-refractivity contribution in [3.63, 3.8) is 0 Å². The summed E-state index contributed by atoms with van der Waals surface area (Å²) in [5.74, 6) is 0.481. The predicted octanol–water partition coefficient (Wildman–Crippen LogP) is 8.08. The van der Waals surface area contributed by atoms with Crippen LogP contribution in [0.15, 0.2) is 65.3 Å². The van der Waals surface area contributed by atoms with Crippen LogP contribution in [0, 0.1) is 5.92 Å². The summed E-state index contributed by atoms with van der Waals surface area (Å²) in [6.45, 7) is 17.9. The van der Waals surface area contributed by atoms with Crippen molar-refractivity contribution in [2.24, 2.45) is 10.9 Å². The molecule has 0 aliphatic heterocycles. The van der Waals surface area contributed by atoms with Crippen LogP contribution in [0.5, 0.6) is 0 Å². The maximum atomic E-state index is 13.3. The molecule has 1 amide bonds. The van der Waals surface area contributed by atoms with Gasteiger partial charge in [-0.05, 0) is 63.7 Å². The number of hydrogen-bond acceptors (Lipinski definition) is 3. The maximum absolute atomic E-state index is 13.3. The molecule has 1 aliphatic rings. The first-order valence-electron chi connectivity index (χ1n) is 13.3. The number of carbonyl (C=O) groups excluding carboxylic acids is 1. The summed E-state index contributed by atoms with van der Waals surface area (Å²) in [7, 11) is 0. The summed E-state index contributed by atoms with van der Waals surface area (Å²) in [5, 5.41) is 0. The van der Waals surface area contributed by atoms with Crippen LogP contribution in [-0.4, -0.2) is 40.6 Å². The van der Waals surface area contributed by atoms with Crippen molar-refractivity contribution < 1.29 is 4.79 Å². The van der Waals surface area contributed by atoms with Gasteiger partial charge in [-0.15, -0.1) is 0 Å². The summed E-state index contributed by atoms with van der Waals surface area (Å²) in [6, 6.07) is 5.65. The Kier molecular flexibility index (Phi) is 18.5. The standard InChI is InChI=1S/C26H37N3O.2C2H6/c1-5-27-24(17-14-21(2)3)18-20-29(26(30)25-13-9-10-19-28-25)22(4)15-16-23-11-7-6-8-12-23;2*1-2/h7,9-14,17,19,21-22H,5-6,8,15-16,18,20H2,1-4H3;2*1-2H3/b17-14-,27-24?;;. The Bertz CT molecular complexity index is 775. The molecule has 2 rings (SSSR count).